The topological polar surface area (TPSA) is 76.1 Å². The van der Waals surface area contributed by atoms with Crippen molar-refractivity contribution in [2.45, 2.75) is 38.8 Å². The molecule has 104 valence electrons. The molecule has 1 saturated heterocycles. The Hall–Kier alpha value is -1.14. The maximum atomic E-state index is 11.9. The number of ether oxygens (including phenoxy) is 2. The number of rotatable bonds is 6. The molecule has 1 heterocycles. The van der Waals surface area contributed by atoms with Crippen LogP contribution in [0, 0.1) is 0 Å². The van der Waals surface area contributed by atoms with E-state index in [2.05, 4.69) is 0 Å². The first-order valence-corrected chi connectivity index (χ1v) is 6.24. The fourth-order valence-corrected chi connectivity index (χ4v) is 1.79. The summed E-state index contributed by atoms with van der Waals surface area (Å²) in [5.41, 5.74) is 0. The number of amides is 1. The Kier molecular flexibility index (Phi) is 6.07. The molecule has 0 saturated carbocycles. The molecule has 0 aromatic heterocycles. The van der Waals surface area contributed by atoms with Gasteiger partial charge in [-0.1, -0.05) is 0 Å². The van der Waals surface area contributed by atoms with E-state index in [9.17, 15) is 9.59 Å². The van der Waals surface area contributed by atoms with Crippen LogP contribution in [-0.4, -0.2) is 60.4 Å². The fourth-order valence-electron chi connectivity index (χ4n) is 1.79. The third kappa shape index (κ3) is 4.62. The van der Waals surface area contributed by atoms with Gasteiger partial charge < -0.3 is 19.5 Å². The molecule has 1 amide bonds. The number of hydrogen-bond donors (Lipinski definition) is 1. The highest BCUT2D eigenvalue weighted by Crippen LogP contribution is 2.10. The van der Waals surface area contributed by atoms with E-state index in [4.69, 9.17) is 14.6 Å². The minimum atomic E-state index is -1.01. The summed E-state index contributed by atoms with van der Waals surface area (Å²) in [4.78, 5) is 24.3. The number of nitrogens with zero attached hydrogens (tertiary/aromatic N) is 1. The van der Waals surface area contributed by atoms with Crippen molar-refractivity contribution in [3.05, 3.63) is 0 Å². The van der Waals surface area contributed by atoms with Crippen molar-refractivity contribution < 1.29 is 24.2 Å². The zero-order valence-corrected chi connectivity index (χ0v) is 10.9. The molecule has 18 heavy (non-hydrogen) atoms. The van der Waals surface area contributed by atoms with E-state index in [1.807, 2.05) is 13.8 Å². The standard InChI is InChI=1S/C12H21NO5/c1-9(2)18-6-3-4-11(14)13-5-7-17-8-10(13)12(15)16/h9-10H,3-8H2,1-2H3,(H,15,16)/t10-/m0/s1. The Morgan fingerprint density at radius 1 is 1.50 bits per heavy atom. The van der Waals surface area contributed by atoms with Gasteiger partial charge in [-0.25, -0.2) is 4.79 Å². The van der Waals surface area contributed by atoms with E-state index in [0.29, 0.717) is 32.6 Å². The summed E-state index contributed by atoms with van der Waals surface area (Å²) < 4.78 is 10.4. The highest BCUT2D eigenvalue weighted by molar-refractivity contribution is 5.83. The molecule has 0 unspecified atom stereocenters. The van der Waals surface area contributed by atoms with Gasteiger partial charge in [0.15, 0.2) is 6.04 Å². The molecule has 0 aromatic carbocycles. The number of morpholine rings is 1. The first-order valence-electron chi connectivity index (χ1n) is 6.24. The van der Waals surface area contributed by atoms with Gasteiger partial charge >= 0.3 is 5.97 Å². The predicted octanol–water partition coefficient (Wildman–Crippen LogP) is 0.504. The lowest BCUT2D eigenvalue weighted by atomic mass is 10.2. The minimum Gasteiger partial charge on any atom is -0.480 e. The number of carbonyl (C=O) groups excluding carboxylic acids is 1. The Bertz CT molecular complexity index is 292. The molecule has 0 radical (unpaired) electrons. The van der Waals surface area contributed by atoms with Crippen molar-refractivity contribution in [2.24, 2.45) is 0 Å². The van der Waals surface area contributed by atoms with Gasteiger partial charge in [-0.3, -0.25) is 4.79 Å². The molecule has 0 aromatic rings. The van der Waals surface area contributed by atoms with Crippen LogP contribution < -0.4 is 0 Å². The smallest absolute Gasteiger partial charge is 0.328 e. The summed E-state index contributed by atoms with van der Waals surface area (Å²) in [6, 6.07) is -0.850. The average molecular weight is 259 g/mol. The lowest BCUT2D eigenvalue weighted by molar-refractivity contribution is -0.158. The first kappa shape index (κ1) is 14.9. The average Bonchev–Trinajstić information content (AvgIpc) is 2.34. The Morgan fingerprint density at radius 2 is 2.22 bits per heavy atom. The second-order valence-electron chi connectivity index (χ2n) is 4.54. The van der Waals surface area contributed by atoms with Crippen LogP contribution in [0.25, 0.3) is 0 Å². The lowest BCUT2D eigenvalue weighted by Gasteiger charge is -2.32. The summed E-state index contributed by atoms with van der Waals surface area (Å²) in [5, 5.41) is 9.00. The zero-order valence-electron chi connectivity index (χ0n) is 10.9. The molecule has 1 rings (SSSR count). The van der Waals surface area contributed by atoms with E-state index < -0.39 is 12.0 Å². The molecule has 0 spiro atoms. The third-order valence-corrected chi connectivity index (χ3v) is 2.72. The van der Waals surface area contributed by atoms with E-state index >= 15 is 0 Å². The maximum absolute atomic E-state index is 11.9. The Labute approximate surface area is 107 Å². The fraction of sp³-hybridized carbons (Fsp3) is 0.833. The zero-order chi connectivity index (χ0) is 13.5. The third-order valence-electron chi connectivity index (χ3n) is 2.72. The molecule has 1 aliphatic rings. The second kappa shape index (κ2) is 7.33. The predicted molar refractivity (Wildman–Crippen MR) is 64.3 cm³/mol. The monoisotopic (exact) mass is 259 g/mol. The molecule has 0 aliphatic carbocycles. The molecule has 0 bridgehead atoms. The molecular formula is C12H21NO5. The van der Waals surface area contributed by atoms with Crippen LogP contribution in [0.4, 0.5) is 0 Å². The molecular weight excluding hydrogens is 238 g/mol. The van der Waals surface area contributed by atoms with Gasteiger partial charge in [-0.15, -0.1) is 0 Å². The van der Waals surface area contributed by atoms with Gasteiger partial charge in [0.1, 0.15) is 0 Å². The summed E-state index contributed by atoms with van der Waals surface area (Å²) in [6.07, 6.45) is 1.08. The molecule has 1 atom stereocenters. The van der Waals surface area contributed by atoms with Crippen LogP contribution in [0.3, 0.4) is 0 Å². The first-order chi connectivity index (χ1) is 8.52. The molecule has 1 aliphatic heterocycles. The van der Waals surface area contributed by atoms with Crippen molar-refractivity contribution in [3.8, 4) is 0 Å². The number of hydrogen-bond acceptors (Lipinski definition) is 4. The van der Waals surface area contributed by atoms with Crippen molar-refractivity contribution >= 4 is 11.9 Å². The largest absolute Gasteiger partial charge is 0.480 e. The molecule has 1 fully saturated rings. The van der Waals surface area contributed by atoms with Gasteiger partial charge in [0.2, 0.25) is 5.91 Å². The second-order valence-corrected chi connectivity index (χ2v) is 4.54. The number of carbonyl (C=O) groups is 2. The SMILES string of the molecule is CC(C)OCCCC(=O)N1CCOC[C@H]1C(=O)O. The number of aliphatic carboxylic acids is 1. The van der Waals surface area contributed by atoms with E-state index in [-0.39, 0.29) is 18.6 Å². The van der Waals surface area contributed by atoms with Crippen LogP contribution in [-0.2, 0) is 19.1 Å². The van der Waals surface area contributed by atoms with Crippen molar-refractivity contribution in [1.29, 1.82) is 0 Å². The Morgan fingerprint density at radius 3 is 2.83 bits per heavy atom. The van der Waals surface area contributed by atoms with Crippen LogP contribution in [0.2, 0.25) is 0 Å². The Balaban J connectivity index is 2.36. The van der Waals surface area contributed by atoms with Crippen LogP contribution in [0.1, 0.15) is 26.7 Å². The minimum absolute atomic E-state index is 0.0730. The van der Waals surface area contributed by atoms with Gasteiger partial charge in [0.25, 0.3) is 0 Å². The van der Waals surface area contributed by atoms with Gasteiger partial charge in [-0.2, -0.15) is 0 Å². The van der Waals surface area contributed by atoms with E-state index in [1.165, 1.54) is 4.90 Å². The summed E-state index contributed by atoms with van der Waals surface area (Å²) in [6.45, 7) is 5.21. The van der Waals surface area contributed by atoms with Crippen LogP contribution in [0.15, 0.2) is 0 Å². The van der Waals surface area contributed by atoms with Crippen molar-refractivity contribution in [2.75, 3.05) is 26.4 Å². The van der Waals surface area contributed by atoms with E-state index in [1.54, 1.807) is 0 Å². The van der Waals surface area contributed by atoms with Crippen molar-refractivity contribution in [1.82, 2.24) is 4.90 Å². The molecule has 6 heteroatoms. The number of carboxylic acid groups (broad SMARTS) is 1. The highest BCUT2D eigenvalue weighted by Gasteiger charge is 2.32. The van der Waals surface area contributed by atoms with Crippen LogP contribution >= 0.6 is 0 Å². The summed E-state index contributed by atoms with van der Waals surface area (Å²) >= 11 is 0. The lowest BCUT2D eigenvalue weighted by Crippen LogP contribution is -2.52. The maximum Gasteiger partial charge on any atom is 0.328 e. The van der Waals surface area contributed by atoms with Gasteiger partial charge in [-0.05, 0) is 20.3 Å². The molecule has 6 nitrogen and oxygen atoms in total. The quantitative estimate of drug-likeness (QED) is 0.703. The van der Waals surface area contributed by atoms with E-state index in [0.717, 1.165) is 0 Å². The molecule has 1 N–H and O–H groups in total. The summed E-state index contributed by atoms with van der Waals surface area (Å²) in [7, 11) is 0. The number of carboxylic acids is 1. The van der Waals surface area contributed by atoms with Gasteiger partial charge in [0, 0.05) is 19.6 Å². The highest BCUT2D eigenvalue weighted by atomic mass is 16.5. The normalized spacial score (nSPS) is 20.2. The van der Waals surface area contributed by atoms with Crippen molar-refractivity contribution in [3.63, 3.8) is 0 Å². The van der Waals surface area contributed by atoms with Gasteiger partial charge in [0.05, 0.1) is 19.3 Å². The summed E-state index contributed by atoms with van der Waals surface area (Å²) in [5.74, 6) is -1.15. The van der Waals surface area contributed by atoms with Crippen LogP contribution in [0.5, 0.6) is 0 Å².